The molecule has 0 spiro atoms. The number of carbonyl (C=O) groups is 2. The molecule has 2 rings (SSSR count). The smallest absolute Gasteiger partial charge is 0.306 e. The molecule has 0 radical (unpaired) electrons. The largest absolute Gasteiger partial charge is 0.481 e. The van der Waals surface area contributed by atoms with Crippen LogP contribution >= 0.6 is 22.9 Å². The molecule has 1 amide bonds. The van der Waals surface area contributed by atoms with Crippen LogP contribution in [0.5, 0.6) is 0 Å². The van der Waals surface area contributed by atoms with E-state index >= 15 is 0 Å². The zero-order valence-electron chi connectivity index (χ0n) is 10.6. The second kappa shape index (κ2) is 5.92. The number of amides is 1. The Kier molecular flexibility index (Phi) is 4.47. The third kappa shape index (κ3) is 3.48. The normalized spacial score (nSPS) is 22.4. The second-order valence-corrected chi connectivity index (χ2v) is 6.74. The minimum absolute atomic E-state index is 0.0354. The molecule has 2 atom stereocenters. The maximum Gasteiger partial charge on any atom is 0.306 e. The molecule has 1 aromatic rings. The summed E-state index contributed by atoms with van der Waals surface area (Å²) >= 11 is 7.31. The van der Waals surface area contributed by atoms with Gasteiger partial charge in [-0.05, 0) is 31.4 Å². The number of hydrogen-bond donors (Lipinski definition) is 1. The van der Waals surface area contributed by atoms with Crippen LogP contribution in [0, 0.1) is 11.8 Å². The van der Waals surface area contributed by atoms with E-state index < -0.39 is 5.97 Å². The van der Waals surface area contributed by atoms with Crippen molar-refractivity contribution in [2.75, 3.05) is 7.05 Å². The summed E-state index contributed by atoms with van der Waals surface area (Å²) in [6, 6.07) is 3.72. The van der Waals surface area contributed by atoms with E-state index in [9.17, 15) is 9.59 Å². The number of rotatable bonds is 4. The monoisotopic (exact) mass is 301 g/mol. The minimum atomic E-state index is -0.789. The van der Waals surface area contributed by atoms with Gasteiger partial charge in [0.1, 0.15) is 0 Å². The van der Waals surface area contributed by atoms with E-state index in [0.717, 1.165) is 4.88 Å². The molecule has 1 saturated carbocycles. The van der Waals surface area contributed by atoms with Gasteiger partial charge in [-0.2, -0.15) is 0 Å². The predicted molar refractivity (Wildman–Crippen MR) is 74.3 cm³/mol. The Morgan fingerprint density at radius 3 is 2.63 bits per heavy atom. The summed E-state index contributed by atoms with van der Waals surface area (Å²) in [4.78, 5) is 25.8. The standard InChI is InChI=1S/C13H16ClNO3S/c1-15(7-10-4-5-11(14)19-10)12(16)8-2-3-9(6-8)13(17)18/h4-5,8-9H,2-3,6-7H2,1H3,(H,17,18). The van der Waals surface area contributed by atoms with E-state index in [-0.39, 0.29) is 17.7 Å². The van der Waals surface area contributed by atoms with Crippen LogP contribution in [-0.4, -0.2) is 28.9 Å². The van der Waals surface area contributed by atoms with Gasteiger partial charge in [0.2, 0.25) is 5.91 Å². The lowest BCUT2D eigenvalue weighted by molar-refractivity contribution is -0.141. The Morgan fingerprint density at radius 1 is 1.42 bits per heavy atom. The van der Waals surface area contributed by atoms with Crippen LogP contribution in [0.2, 0.25) is 4.34 Å². The van der Waals surface area contributed by atoms with Gasteiger partial charge < -0.3 is 10.0 Å². The minimum Gasteiger partial charge on any atom is -0.481 e. The molecular weight excluding hydrogens is 286 g/mol. The lowest BCUT2D eigenvalue weighted by Crippen LogP contribution is -2.31. The molecule has 1 N–H and O–H groups in total. The van der Waals surface area contributed by atoms with Gasteiger partial charge in [0.15, 0.2) is 0 Å². The number of nitrogens with zero attached hydrogens (tertiary/aromatic N) is 1. The number of halogens is 1. The number of carboxylic acids is 1. The van der Waals surface area contributed by atoms with Gasteiger partial charge in [-0.3, -0.25) is 9.59 Å². The first kappa shape index (κ1) is 14.3. The molecule has 1 aromatic heterocycles. The van der Waals surface area contributed by atoms with Crippen LogP contribution in [0.3, 0.4) is 0 Å². The van der Waals surface area contributed by atoms with Crippen LogP contribution in [0.4, 0.5) is 0 Å². The van der Waals surface area contributed by atoms with Gasteiger partial charge in [0.25, 0.3) is 0 Å². The van der Waals surface area contributed by atoms with Crippen molar-refractivity contribution in [1.82, 2.24) is 4.90 Å². The molecule has 0 aromatic carbocycles. The van der Waals surface area contributed by atoms with Gasteiger partial charge in [0.05, 0.1) is 16.8 Å². The first-order valence-corrected chi connectivity index (χ1v) is 7.39. The van der Waals surface area contributed by atoms with E-state index in [2.05, 4.69) is 0 Å². The average molecular weight is 302 g/mol. The number of thiophene rings is 1. The van der Waals surface area contributed by atoms with Gasteiger partial charge in [-0.25, -0.2) is 0 Å². The molecule has 0 saturated heterocycles. The molecule has 0 bridgehead atoms. The van der Waals surface area contributed by atoms with Crippen molar-refractivity contribution >= 4 is 34.8 Å². The Morgan fingerprint density at radius 2 is 2.11 bits per heavy atom. The lowest BCUT2D eigenvalue weighted by atomic mass is 10.0. The van der Waals surface area contributed by atoms with E-state index in [4.69, 9.17) is 16.7 Å². The number of aliphatic carboxylic acids is 1. The van der Waals surface area contributed by atoms with Gasteiger partial charge in [-0.1, -0.05) is 11.6 Å². The summed E-state index contributed by atoms with van der Waals surface area (Å²) in [5.41, 5.74) is 0. The molecule has 4 nitrogen and oxygen atoms in total. The third-order valence-corrected chi connectivity index (χ3v) is 4.75. The zero-order chi connectivity index (χ0) is 14.0. The summed E-state index contributed by atoms with van der Waals surface area (Å²) in [7, 11) is 1.75. The van der Waals surface area contributed by atoms with Crippen molar-refractivity contribution in [2.45, 2.75) is 25.8 Å². The lowest BCUT2D eigenvalue weighted by Gasteiger charge is -2.20. The highest BCUT2D eigenvalue weighted by Crippen LogP contribution is 2.32. The molecule has 104 valence electrons. The summed E-state index contributed by atoms with van der Waals surface area (Å²) in [6.07, 6.45) is 1.74. The predicted octanol–water partition coefficient (Wildman–Crippen LogP) is 2.86. The van der Waals surface area contributed by atoms with Crippen LogP contribution < -0.4 is 0 Å². The summed E-state index contributed by atoms with van der Waals surface area (Å²) in [5.74, 6) is -1.27. The van der Waals surface area contributed by atoms with Crippen LogP contribution in [0.15, 0.2) is 12.1 Å². The SMILES string of the molecule is CN(Cc1ccc(Cl)s1)C(=O)C1CCC(C(=O)O)C1. The number of hydrogen-bond acceptors (Lipinski definition) is 3. The Bertz CT molecular complexity index is 488. The molecule has 1 aliphatic rings. The van der Waals surface area contributed by atoms with Gasteiger partial charge in [-0.15, -0.1) is 11.3 Å². The Balaban J connectivity index is 1.91. The van der Waals surface area contributed by atoms with E-state index in [0.29, 0.717) is 30.1 Å². The second-order valence-electron chi connectivity index (χ2n) is 4.95. The van der Waals surface area contributed by atoms with E-state index in [1.807, 2.05) is 12.1 Å². The zero-order valence-corrected chi connectivity index (χ0v) is 12.2. The number of carbonyl (C=O) groups excluding carboxylic acids is 1. The summed E-state index contributed by atoms with van der Waals surface area (Å²) in [6.45, 7) is 0.532. The molecule has 0 aliphatic heterocycles. The Labute approximate surface area is 121 Å². The van der Waals surface area contributed by atoms with Crippen molar-refractivity contribution in [2.24, 2.45) is 11.8 Å². The highest BCUT2D eigenvalue weighted by Gasteiger charge is 2.35. The molecule has 2 unspecified atom stereocenters. The quantitative estimate of drug-likeness (QED) is 0.930. The van der Waals surface area contributed by atoms with E-state index in [1.54, 1.807) is 11.9 Å². The fourth-order valence-electron chi connectivity index (χ4n) is 2.49. The molecule has 1 aliphatic carbocycles. The molecule has 1 heterocycles. The highest BCUT2D eigenvalue weighted by atomic mass is 35.5. The van der Waals surface area contributed by atoms with Gasteiger partial charge >= 0.3 is 5.97 Å². The van der Waals surface area contributed by atoms with Crippen molar-refractivity contribution in [3.8, 4) is 0 Å². The fourth-order valence-corrected chi connectivity index (χ4v) is 3.63. The van der Waals surface area contributed by atoms with E-state index in [1.165, 1.54) is 11.3 Å². The van der Waals surface area contributed by atoms with Crippen molar-refractivity contribution < 1.29 is 14.7 Å². The Hall–Kier alpha value is -1.07. The molecule has 6 heteroatoms. The average Bonchev–Trinajstić information content (AvgIpc) is 2.97. The maximum absolute atomic E-state index is 12.2. The molecule has 1 fully saturated rings. The molecule has 19 heavy (non-hydrogen) atoms. The topological polar surface area (TPSA) is 57.6 Å². The summed E-state index contributed by atoms with van der Waals surface area (Å²) < 4.78 is 0.711. The van der Waals surface area contributed by atoms with Crippen LogP contribution in [-0.2, 0) is 16.1 Å². The van der Waals surface area contributed by atoms with Crippen molar-refractivity contribution in [3.63, 3.8) is 0 Å². The highest BCUT2D eigenvalue weighted by molar-refractivity contribution is 7.16. The third-order valence-electron chi connectivity index (χ3n) is 3.53. The summed E-state index contributed by atoms with van der Waals surface area (Å²) in [5, 5.41) is 8.95. The van der Waals surface area contributed by atoms with Crippen LogP contribution in [0.1, 0.15) is 24.1 Å². The first-order chi connectivity index (χ1) is 8.97. The number of carboxylic acid groups (broad SMARTS) is 1. The first-order valence-electron chi connectivity index (χ1n) is 6.19. The van der Waals surface area contributed by atoms with Crippen molar-refractivity contribution in [3.05, 3.63) is 21.3 Å². The van der Waals surface area contributed by atoms with Gasteiger partial charge in [0, 0.05) is 17.8 Å². The maximum atomic E-state index is 12.2. The molecular formula is C13H16ClNO3S. The fraction of sp³-hybridized carbons (Fsp3) is 0.538. The van der Waals surface area contributed by atoms with Crippen molar-refractivity contribution in [1.29, 1.82) is 0 Å². The van der Waals surface area contributed by atoms with Crippen LogP contribution in [0.25, 0.3) is 0 Å².